The fourth-order valence-corrected chi connectivity index (χ4v) is 5.84. The zero-order valence-electron chi connectivity index (χ0n) is 19.7. The van der Waals surface area contributed by atoms with Crippen molar-refractivity contribution in [2.75, 3.05) is 7.05 Å². The highest BCUT2D eigenvalue weighted by molar-refractivity contribution is 7.15. The van der Waals surface area contributed by atoms with Crippen molar-refractivity contribution in [2.24, 2.45) is 0 Å². The molecule has 1 saturated heterocycles. The maximum atomic E-state index is 12.6. The number of nitrogens with zero attached hydrogens (tertiary/aromatic N) is 3. The van der Waals surface area contributed by atoms with E-state index in [0.717, 1.165) is 33.9 Å². The molecular formula is C25H30Cl2N4OS. The van der Waals surface area contributed by atoms with Crippen LogP contribution in [0.3, 0.4) is 0 Å². The zero-order chi connectivity index (χ0) is 23.9. The molecule has 5 nitrogen and oxygen atoms in total. The van der Waals surface area contributed by atoms with E-state index in [4.69, 9.17) is 28.3 Å². The Kier molecular flexibility index (Phi) is 6.92. The molecule has 1 N–H and O–H groups in total. The zero-order valence-corrected chi connectivity index (χ0v) is 22.0. The molecule has 1 fully saturated rings. The standard InChI is InChI=1S/C25H30Cl2N4OS/c1-6-7-8-9-17-11-13-20(33-17)22-15(2)21(23-28-24(32)25(3,4)30(23)5)29-31(22)19-12-10-16(26)14-18(19)27/h10-14,23H,6-9H2,1-5H3,(H,28,32). The van der Waals surface area contributed by atoms with Gasteiger partial charge in [-0.25, -0.2) is 4.68 Å². The minimum atomic E-state index is -0.617. The van der Waals surface area contributed by atoms with E-state index < -0.39 is 5.54 Å². The number of hydrogen-bond donors (Lipinski definition) is 1. The third-order valence-corrected chi connectivity index (χ3v) is 8.26. The van der Waals surface area contributed by atoms with Gasteiger partial charge in [-0.15, -0.1) is 11.3 Å². The van der Waals surface area contributed by atoms with E-state index in [0.29, 0.717) is 10.0 Å². The Morgan fingerprint density at radius 2 is 1.94 bits per heavy atom. The molecule has 8 heteroatoms. The third kappa shape index (κ3) is 4.46. The highest BCUT2D eigenvalue weighted by Gasteiger charge is 2.46. The molecule has 1 aliphatic rings. The van der Waals surface area contributed by atoms with Crippen molar-refractivity contribution in [3.8, 4) is 16.3 Å². The molecule has 176 valence electrons. The van der Waals surface area contributed by atoms with E-state index in [1.165, 1.54) is 24.1 Å². The fourth-order valence-electron chi connectivity index (χ4n) is 4.21. The van der Waals surface area contributed by atoms with Gasteiger partial charge in [0, 0.05) is 15.5 Å². The summed E-state index contributed by atoms with van der Waals surface area (Å²) in [4.78, 5) is 17.2. The largest absolute Gasteiger partial charge is 0.333 e. The van der Waals surface area contributed by atoms with Crippen LogP contribution in [0, 0.1) is 6.92 Å². The van der Waals surface area contributed by atoms with Crippen molar-refractivity contribution in [3.63, 3.8) is 0 Å². The number of rotatable bonds is 7. The summed E-state index contributed by atoms with van der Waals surface area (Å²) < 4.78 is 1.90. The lowest BCUT2D eigenvalue weighted by Gasteiger charge is -2.27. The van der Waals surface area contributed by atoms with Crippen molar-refractivity contribution in [2.45, 2.75) is 65.1 Å². The van der Waals surface area contributed by atoms with Gasteiger partial charge >= 0.3 is 0 Å². The summed E-state index contributed by atoms with van der Waals surface area (Å²) in [7, 11) is 1.95. The van der Waals surface area contributed by atoms with Gasteiger partial charge in [0.2, 0.25) is 5.91 Å². The van der Waals surface area contributed by atoms with Crippen LogP contribution in [0.5, 0.6) is 0 Å². The van der Waals surface area contributed by atoms with Crippen molar-refractivity contribution in [3.05, 3.63) is 56.5 Å². The number of likely N-dealkylation sites (N-methyl/N-ethyl adjacent to an activating group) is 1. The summed E-state index contributed by atoms with van der Waals surface area (Å²) in [5, 5.41) is 9.23. The van der Waals surface area contributed by atoms with Crippen LogP contribution in [0.4, 0.5) is 0 Å². The first-order valence-electron chi connectivity index (χ1n) is 11.3. The van der Waals surface area contributed by atoms with Gasteiger partial charge in [0.15, 0.2) is 0 Å². The summed E-state index contributed by atoms with van der Waals surface area (Å²) in [6.45, 7) is 8.14. The predicted molar refractivity (Wildman–Crippen MR) is 138 cm³/mol. The van der Waals surface area contributed by atoms with Gasteiger partial charge in [-0.3, -0.25) is 9.69 Å². The molecule has 0 radical (unpaired) electrons. The lowest BCUT2D eigenvalue weighted by molar-refractivity contribution is -0.124. The maximum absolute atomic E-state index is 12.6. The molecule has 0 aliphatic carbocycles. The molecule has 1 unspecified atom stereocenters. The highest BCUT2D eigenvalue weighted by Crippen LogP contribution is 2.40. The molecule has 0 bridgehead atoms. The van der Waals surface area contributed by atoms with Crippen molar-refractivity contribution < 1.29 is 4.79 Å². The smallest absolute Gasteiger partial charge is 0.241 e. The Balaban J connectivity index is 1.83. The maximum Gasteiger partial charge on any atom is 0.241 e. The highest BCUT2D eigenvalue weighted by atomic mass is 35.5. The first-order chi connectivity index (χ1) is 15.6. The van der Waals surface area contributed by atoms with E-state index in [2.05, 4.69) is 31.3 Å². The number of thiophene rings is 1. The van der Waals surface area contributed by atoms with Gasteiger partial charge in [-0.2, -0.15) is 5.10 Å². The summed E-state index contributed by atoms with van der Waals surface area (Å²) in [6.07, 6.45) is 4.40. The van der Waals surface area contributed by atoms with Crippen molar-refractivity contribution in [1.82, 2.24) is 20.0 Å². The molecule has 1 aromatic carbocycles. The van der Waals surface area contributed by atoms with Gasteiger partial charge in [0.1, 0.15) is 11.9 Å². The second kappa shape index (κ2) is 9.41. The van der Waals surface area contributed by atoms with Crippen LogP contribution in [-0.4, -0.2) is 33.2 Å². The minimum absolute atomic E-state index is 0.00985. The average molecular weight is 506 g/mol. The number of carbonyl (C=O) groups excluding carboxylic acids is 1. The van der Waals surface area contributed by atoms with Crippen LogP contribution in [-0.2, 0) is 11.2 Å². The second-order valence-electron chi connectivity index (χ2n) is 9.14. The third-order valence-electron chi connectivity index (χ3n) is 6.57. The normalized spacial score (nSPS) is 18.2. The number of unbranched alkanes of at least 4 members (excludes halogenated alkanes) is 2. The van der Waals surface area contributed by atoms with E-state index >= 15 is 0 Å². The topological polar surface area (TPSA) is 50.2 Å². The van der Waals surface area contributed by atoms with Crippen molar-refractivity contribution in [1.29, 1.82) is 0 Å². The summed E-state index contributed by atoms with van der Waals surface area (Å²) >= 11 is 14.6. The minimum Gasteiger partial charge on any atom is -0.333 e. The second-order valence-corrected chi connectivity index (χ2v) is 11.1. The van der Waals surface area contributed by atoms with Crippen LogP contribution >= 0.6 is 34.5 Å². The number of amides is 1. The van der Waals surface area contributed by atoms with Gasteiger partial charge in [-0.1, -0.05) is 43.0 Å². The lowest BCUT2D eigenvalue weighted by atomic mass is 10.0. The van der Waals surface area contributed by atoms with Gasteiger partial charge in [0.25, 0.3) is 0 Å². The molecule has 3 aromatic rings. The average Bonchev–Trinajstić information content (AvgIpc) is 3.40. The molecule has 0 spiro atoms. The Morgan fingerprint density at radius 3 is 2.58 bits per heavy atom. The summed E-state index contributed by atoms with van der Waals surface area (Å²) in [5.74, 6) is -0.00985. The number of aromatic nitrogens is 2. The molecule has 33 heavy (non-hydrogen) atoms. The summed E-state index contributed by atoms with van der Waals surface area (Å²) in [6, 6.07) is 9.82. The lowest BCUT2D eigenvalue weighted by Crippen LogP contribution is -2.41. The fraction of sp³-hybridized carbons (Fsp3) is 0.440. The molecule has 3 heterocycles. The molecular weight excluding hydrogens is 475 g/mol. The van der Waals surface area contributed by atoms with Crippen LogP contribution in [0.1, 0.15) is 62.3 Å². The number of nitrogens with one attached hydrogen (secondary N) is 1. The SMILES string of the molecule is CCCCCc1ccc(-c2c(C)c(C3NC(=O)C(C)(C)N3C)nn2-c2ccc(Cl)cc2Cl)s1. The van der Waals surface area contributed by atoms with Gasteiger partial charge in [-0.05, 0) is 71.0 Å². The van der Waals surface area contributed by atoms with Crippen molar-refractivity contribution >= 4 is 40.4 Å². The van der Waals surface area contributed by atoms with Crippen LogP contribution in [0.15, 0.2) is 30.3 Å². The van der Waals surface area contributed by atoms with Crippen LogP contribution < -0.4 is 5.32 Å². The van der Waals surface area contributed by atoms with Crippen LogP contribution in [0.25, 0.3) is 16.3 Å². The Bertz CT molecular complexity index is 1180. The molecule has 1 atom stereocenters. The molecule has 0 saturated carbocycles. The molecule has 1 amide bonds. The number of carbonyl (C=O) groups is 1. The first kappa shape index (κ1) is 24.3. The Hall–Kier alpha value is -1.86. The van der Waals surface area contributed by atoms with Gasteiger partial charge in [0.05, 0.1) is 26.8 Å². The van der Waals surface area contributed by atoms with Gasteiger partial charge < -0.3 is 5.32 Å². The number of benzene rings is 1. The van der Waals surface area contributed by atoms with E-state index in [1.807, 2.05) is 42.6 Å². The van der Waals surface area contributed by atoms with E-state index in [9.17, 15) is 4.79 Å². The monoisotopic (exact) mass is 504 g/mol. The molecule has 2 aromatic heterocycles. The quantitative estimate of drug-likeness (QED) is 0.360. The number of halogens is 2. The Morgan fingerprint density at radius 1 is 1.18 bits per heavy atom. The van der Waals surface area contributed by atoms with E-state index in [1.54, 1.807) is 17.4 Å². The van der Waals surface area contributed by atoms with E-state index in [-0.39, 0.29) is 12.1 Å². The molecule has 4 rings (SSSR count). The molecule has 1 aliphatic heterocycles. The predicted octanol–water partition coefficient (Wildman–Crippen LogP) is 6.79. The summed E-state index contributed by atoms with van der Waals surface area (Å²) in [5.41, 5.74) is 2.98. The number of hydrogen-bond acceptors (Lipinski definition) is 4. The first-order valence-corrected chi connectivity index (χ1v) is 12.9. The number of aryl methyl sites for hydroxylation is 1. The Labute approximate surface area is 209 Å². The van der Waals surface area contributed by atoms with Crippen LogP contribution in [0.2, 0.25) is 10.0 Å².